The van der Waals surface area contributed by atoms with Crippen LogP contribution in [0, 0.1) is 25.6 Å². The van der Waals surface area contributed by atoms with Crippen LogP contribution in [0.2, 0.25) is 0 Å². The minimum absolute atomic E-state index is 0. The number of aryl methyl sites for hydroxylation is 2. The number of hydrogen-bond donors (Lipinski definition) is 2. The molecule has 1 aliphatic rings. The molecule has 0 bridgehead atoms. The topological polar surface area (TPSA) is 74.9 Å². The predicted molar refractivity (Wildman–Crippen MR) is 140 cm³/mol. The van der Waals surface area contributed by atoms with Gasteiger partial charge in [-0.25, -0.2) is 14.4 Å². The normalized spacial score (nSPS) is 16.2. The lowest BCUT2D eigenvalue weighted by molar-refractivity contribution is 0.164. The van der Waals surface area contributed by atoms with Crippen LogP contribution < -0.4 is 15.4 Å². The Bertz CT molecular complexity index is 864. The number of nitrogens with one attached hydrogen (secondary N) is 2. The molecule has 7 nitrogen and oxygen atoms in total. The quantitative estimate of drug-likeness (QED) is 0.265. The Kier molecular flexibility index (Phi) is 11.4. The first-order valence-electron chi connectivity index (χ1n) is 11.5. The first-order chi connectivity index (χ1) is 15.4. The number of aromatic nitrogens is 1. The van der Waals surface area contributed by atoms with Gasteiger partial charge in [-0.3, -0.25) is 4.90 Å². The van der Waals surface area contributed by atoms with Gasteiger partial charge in [0, 0.05) is 13.1 Å². The summed E-state index contributed by atoms with van der Waals surface area (Å²) in [4.78, 5) is 11.5. The first-order valence-corrected chi connectivity index (χ1v) is 11.5. The summed E-state index contributed by atoms with van der Waals surface area (Å²) in [6.07, 6.45) is 2.02. The van der Waals surface area contributed by atoms with E-state index in [9.17, 15) is 4.39 Å². The fraction of sp³-hybridized carbons (Fsp3) is 0.583. The number of para-hydroxylation sites is 1. The van der Waals surface area contributed by atoms with Crippen LogP contribution in [0.5, 0.6) is 5.75 Å². The summed E-state index contributed by atoms with van der Waals surface area (Å²) in [5, 5.41) is 6.74. The molecule has 1 fully saturated rings. The minimum Gasteiger partial charge on any atom is -0.486 e. The summed E-state index contributed by atoms with van der Waals surface area (Å²) in [7, 11) is 0. The molecule has 1 atom stereocenters. The Hall–Kier alpha value is -1.88. The molecular weight excluding hydrogens is 536 g/mol. The smallest absolute Gasteiger partial charge is 0.208 e. The maximum Gasteiger partial charge on any atom is 0.208 e. The molecule has 0 saturated carbocycles. The fourth-order valence-corrected chi connectivity index (χ4v) is 3.74. The van der Waals surface area contributed by atoms with Gasteiger partial charge >= 0.3 is 0 Å². The van der Waals surface area contributed by atoms with Crippen molar-refractivity contribution in [1.29, 1.82) is 0 Å². The van der Waals surface area contributed by atoms with E-state index in [0.717, 1.165) is 68.9 Å². The maximum absolute atomic E-state index is 13.8. The van der Waals surface area contributed by atoms with Crippen molar-refractivity contribution < 1.29 is 13.5 Å². The Morgan fingerprint density at radius 2 is 2.00 bits per heavy atom. The van der Waals surface area contributed by atoms with E-state index in [-0.39, 0.29) is 41.6 Å². The molecule has 1 aromatic heterocycles. The highest BCUT2D eigenvalue weighted by atomic mass is 127. The SMILES string of the molecule is CCNC(=NCC(C)Oc1ccccc1F)NCC1CCN(Cc2nc(C)c(C)o2)CC1.I. The van der Waals surface area contributed by atoms with Crippen LogP contribution in [0.3, 0.4) is 0 Å². The van der Waals surface area contributed by atoms with Crippen LogP contribution in [0.15, 0.2) is 33.7 Å². The Labute approximate surface area is 213 Å². The fourth-order valence-electron chi connectivity index (χ4n) is 3.74. The maximum atomic E-state index is 13.8. The van der Waals surface area contributed by atoms with Gasteiger partial charge in [0.05, 0.1) is 18.8 Å². The number of guanidine groups is 1. The van der Waals surface area contributed by atoms with Gasteiger partial charge in [0.15, 0.2) is 17.5 Å². The summed E-state index contributed by atoms with van der Waals surface area (Å²) in [5.41, 5.74) is 0.975. The number of aliphatic imine (C=N–C) groups is 1. The molecule has 0 amide bonds. The third kappa shape index (κ3) is 8.77. The number of piperidine rings is 1. The van der Waals surface area contributed by atoms with Crippen molar-refractivity contribution in [1.82, 2.24) is 20.5 Å². The molecule has 1 unspecified atom stereocenters. The van der Waals surface area contributed by atoms with Gasteiger partial charge in [-0.1, -0.05) is 12.1 Å². The van der Waals surface area contributed by atoms with E-state index in [0.29, 0.717) is 12.5 Å². The van der Waals surface area contributed by atoms with Crippen molar-refractivity contribution in [3.05, 3.63) is 47.4 Å². The number of likely N-dealkylation sites (tertiary alicyclic amines) is 1. The highest BCUT2D eigenvalue weighted by Gasteiger charge is 2.21. The van der Waals surface area contributed by atoms with Gasteiger partial charge in [-0.2, -0.15) is 0 Å². The number of nitrogens with zero attached hydrogens (tertiary/aromatic N) is 3. The standard InChI is InChI=1S/C24H36FN5O2.HI/c1-5-26-24(27-14-17(2)31-22-9-7-6-8-21(22)25)28-15-20-10-12-30(13-11-20)16-23-29-18(3)19(4)32-23;/h6-9,17,20H,5,10-16H2,1-4H3,(H2,26,27,28);1H. The summed E-state index contributed by atoms with van der Waals surface area (Å²) >= 11 is 0. The second-order valence-corrected chi connectivity index (χ2v) is 8.43. The van der Waals surface area contributed by atoms with E-state index in [1.54, 1.807) is 18.2 Å². The molecule has 1 aromatic carbocycles. The largest absolute Gasteiger partial charge is 0.486 e. The van der Waals surface area contributed by atoms with Crippen molar-refractivity contribution in [2.24, 2.45) is 10.9 Å². The van der Waals surface area contributed by atoms with Crippen LogP contribution in [-0.2, 0) is 6.54 Å². The zero-order valence-corrected chi connectivity index (χ0v) is 22.4. The Morgan fingerprint density at radius 1 is 1.27 bits per heavy atom. The van der Waals surface area contributed by atoms with E-state index >= 15 is 0 Å². The molecular formula is C24H37FIN5O2. The number of benzene rings is 1. The van der Waals surface area contributed by atoms with Crippen LogP contribution in [0.25, 0.3) is 0 Å². The van der Waals surface area contributed by atoms with E-state index in [4.69, 9.17) is 9.15 Å². The molecule has 0 radical (unpaired) electrons. The van der Waals surface area contributed by atoms with Crippen molar-refractivity contribution in [3.63, 3.8) is 0 Å². The van der Waals surface area contributed by atoms with Crippen molar-refractivity contribution in [3.8, 4) is 5.75 Å². The lowest BCUT2D eigenvalue weighted by Gasteiger charge is -2.31. The van der Waals surface area contributed by atoms with Crippen LogP contribution >= 0.6 is 24.0 Å². The molecule has 9 heteroatoms. The number of oxazole rings is 1. The number of ether oxygens (including phenoxy) is 1. The molecule has 2 N–H and O–H groups in total. The molecule has 184 valence electrons. The molecule has 2 heterocycles. The predicted octanol–water partition coefficient (Wildman–Crippen LogP) is 4.28. The van der Waals surface area contributed by atoms with Crippen molar-refractivity contribution >= 4 is 29.9 Å². The van der Waals surface area contributed by atoms with Crippen molar-refractivity contribution in [2.75, 3.05) is 32.7 Å². The lowest BCUT2D eigenvalue weighted by atomic mass is 9.97. The molecule has 33 heavy (non-hydrogen) atoms. The number of halogens is 2. The van der Waals surface area contributed by atoms with Gasteiger partial charge in [-0.15, -0.1) is 24.0 Å². The van der Waals surface area contributed by atoms with Crippen LogP contribution in [0.4, 0.5) is 4.39 Å². The molecule has 0 aliphatic carbocycles. The minimum atomic E-state index is -0.354. The number of hydrogen-bond acceptors (Lipinski definition) is 5. The summed E-state index contributed by atoms with van der Waals surface area (Å²) in [6, 6.07) is 6.45. The molecule has 0 spiro atoms. The highest BCUT2D eigenvalue weighted by Crippen LogP contribution is 2.19. The second kappa shape index (κ2) is 13.7. The Balaban J connectivity index is 0.00000385. The third-order valence-corrected chi connectivity index (χ3v) is 5.71. The monoisotopic (exact) mass is 573 g/mol. The Morgan fingerprint density at radius 3 is 2.64 bits per heavy atom. The molecule has 2 aromatic rings. The second-order valence-electron chi connectivity index (χ2n) is 8.43. The average Bonchev–Trinajstić information content (AvgIpc) is 3.09. The van der Waals surface area contributed by atoms with Gasteiger partial charge < -0.3 is 19.8 Å². The van der Waals surface area contributed by atoms with E-state index in [2.05, 4.69) is 25.5 Å². The summed E-state index contributed by atoms with van der Waals surface area (Å²) in [6.45, 7) is 12.8. The van der Waals surface area contributed by atoms with Gasteiger partial charge in [0.1, 0.15) is 11.9 Å². The molecule has 3 rings (SSSR count). The van der Waals surface area contributed by atoms with Gasteiger partial charge in [0.2, 0.25) is 5.89 Å². The van der Waals surface area contributed by atoms with E-state index in [1.807, 2.05) is 27.7 Å². The summed E-state index contributed by atoms with van der Waals surface area (Å²) in [5.74, 6) is 2.98. The highest BCUT2D eigenvalue weighted by molar-refractivity contribution is 14.0. The van der Waals surface area contributed by atoms with Crippen LogP contribution in [-0.4, -0.2) is 54.7 Å². The van der Waals surface area contributed by atoms with Gasteiger partial charge in [0.25, 0.3) is 0 Å². The third-order valence-electron chi connectivity index (χ3n) is 5.71. The van der Waals surface area contributed by atoms with Gasteiger partial charge in [-0.05, 0) is 71.7 Å². The zero-order chi connectivity index (χ0) is 22.9. The summed E-state index contributed by atoms with van der Waals surface area (Å²) < 4.78 is 25.2. The van der Waals surface area contributed by atoms with Crippen molar-refractivity contribution in [2.45, 2.75) is 53.2 Å². The average molecular weight is 573 g/mol. The molecule has 1 aliphatic heterocycles. The van der Waals surface area contributed by atoms with E-state index < -0.39 is 0 Å². The first kappa shape index (κ1) is 27.4. The van der Waals surface area contributed by atoms with Crippen LogP contribution in [0.1, 0.15) is 44.0 Å². The lowest BCUT2D eigenvalue weighted by Crippen LogP contribution is -2.43. The zero-order valence-electron chi connectivity index (χ0n) is 20.1. The van der Waals surface area contributed by atoms with E-state index in [1.165, 1.54) is 6.07 Å². The number of rotatable bonds is 9. The molecule has 1 saturated heterocycles.